The van der Waals surface area contributed by atoms with Crippen molar-refractivity contribution in [1.82, 2.24) is 4.98 Å². The van der Waals surface area contributed by atoms with E-state index in [2.05, 4.69) is 4.98 Å². The summed E-state index contributed by atoms with van der Waals surface area (Å²) in [6.07, 6.45) is 0. The quantitative estimate of drug-likeness (QED) is 0.335. The number of ether oxygens (including phenoxy) is 2. The van der Waals surface area contributed by atoms with E-state index in [9.17, 15) is 19.7 Å². The summed E-state index contributed by atoms with van der Waals surface area (Å²) in [5.41, 5.74) is 1.95. The van der Waals surface area contributed by atoms with Gasteiger partial charge in [-0.1, -0.05) is 18.2 Å². The molecule has 3 aromatic rings. The lowest BCUT2D eigenvalue weighted by Crippen LogP contribution is -2.15. The Hall–Kier alpha value is -4.01. The van der Waals surface area contributed by atoms with Gasteiger partial charge in [0.05, 0.1) is 34.4 Å². The highest BCUT2D eigenvalue weighted by Gasteiger charge is 2.22. The normalized spacial score (nSPS) is 10.6. The van der Waals surface area contributed by atoms with E-state index < -0.39 is 16.9 Å². The van der Waals surface area contributed by atoms with Crippen molar-refractivity contribution in [3.05, 3.63) is 75.0 Å². The maximum Gasteiger partial charge on any atom is 0.340 e. The predicted octanol–water partition coefficient (Wildman–Crippen LogP) is 3.66. The molecule has 0 radical (unpaired) electrons. The number of para-hydroxylation sites is 1. The average molecular weight is 423 g/mol. The number of anilines is 1. The molecule has 0 atom stereocenters. The van der Waals surface area contributed by atoms with Crippen LogP contribution in [0.15, 0.2) is 42.5 Å². The molecule has 1 heterocycles. The molecule has 0 bridgehead atoms. The first-order valence-electron chi connectivity index (χ1n) is 9.34. The van der Waals surface area contributed by atoms with Crippen molar-refractivity contribution >= 4 is 34.2 Å². The molecule has 0 aliphatic heterocycles. The molecule has 0 spiro atoms. The number of rotatable bonds is 6. The molecule has 3 rings (SSSR count). The Morgan fingerprint density at radius 1 is 1.13 bits per heavy atom. The number of nitro groups is 1. The number of carbonyl (C=O) groups is 2. The third-order valence-corrected chi connectivity index (χ3v) is 4.85. The number of nitrogens with zero attached hydrogens (tertiary/aromatic N) is 3. The summed E-state index contributed by atoms with van der Waals surface area (Å²) in [6.45, 7) is 1.48. The zero-order valence-corrected chi connectivity index (χ0v) is 17.5. The van der Waals surface area contributed by atoms with Gasteiger partial charge in [0, 0.05) is 25.5 Å². The van der Waals surface area contributed by atoms with E-state index in [4.69, 9.17) is 9.47 Å². The fourth-order valence-electron chi connectivity index (χ4n) is 3.31. The molecule has 0 unspecified atom stereocenters. The van der Waals surface area contributed by atoms with Gasteiger partial charge in [0.15, 0.2) is 0 Å². The molecule has 0 N–H and O–H groups in total. The number of benzene rings is 2. The number of methoxy groups -OCH3 is 1. The molecule has 160 valence electrons. The first-order chi connectivity index (χ1) is 14.7. The molecule has 1 aromatic heterocycles. The highest BCUT2D eigenvalue weighted by molar-refractivity contribution is 5.98. The van der Waals surface area contributed by atoms with E-state index in [-0.39, 0.29) is 29.1 Å². The Morgan fingerprint density at radius 2 is 1.84 bits per heavy atom. The van der Waals surface area contributed by atoms with Crippen LogP contribution < -0.4 is 4.90 Å². The summed E-state index contributed by atoms with van der Waals surface area (Å²) < 4.78 is 10.2. The second-order valence-corrected chi connectivity index (χ2v) is 7.00. The number of esters is 2. The minimum atomic E-state index is -0.767. The van der Waals surface area contributed by atoms with Gasteiger partial charge >= 0.3 is 11.9 Å². The number of hydrogen-bond donors (Lipinski definition) is 0. The van der Waals surface area contributed by atoms with Gasteiger partial charge in [-0.2, -0.15) is 0 Å². The van der Waals surface area contributed by atoms with Crippen LogP contribution in [0.1, 0.15) is 32.0 Å². The van der Waals surface area contributed by atoms with Crippen LogP contribution in [0.4, 0.5) is 11.4 Å². The lowest BCUT2D eigenvalue weighted by molar-refractivity contribution is -0.384. The number of aromatic nitrogens is 1. The standard InChI is InChI=1S/C22H21N3O6/c1-13-15-7-5-6-8-16(15)23-17(20(13)22(27)30-4)12-31-21(26)14-9-10-18(24(2)3)19(11-14)25(28)29/h5-11H,12H2,1-4H3. The van der Waals surface area contributed by atoms with Gasteiger partial charge in [-0.15, -0.1) is 0 Å². The summed E-state index contributed by atoms with van der Waals surface area (Å²) in [5.74, 6) is -1.36. The number of nitro benzene ring substituents is 1. The average Bonchev–Trinajstić information content (AvgIpc) is 2.76. The molecular weight excluding hydrogens is 402 g/mol. The van der Waals surface area contributed by atoms with Crippen molar-refractivity contribution in [2.75, 3.05) is 26.1 Å². The Bertz CT molecular complexity index is 1190. The fraction of sp³-hybridized carbons (Fsp3) is 0.227. The second-order valence-electron chi connectivity index (χ2n) is 7.00. The van der Waals surface area contributed by atoms with Crippen molar-refractivity contribution in [3.8, 4) is 0 Å². The maximum absolute atomic E-state index is 12.6. The Labute approximate surface area is 178 Å². The van der Waals surface area contributed by atoms with Crippen LogP contribution in [0, 0.1) is 17.0 Å². The van der Waals surface area contributed by atoms with Crippen molar-refractivity contribution in [2.24, 2.45) is 0 Å². The van der Waals surface area contributed by atoms with Crippen LogP contribution in [0.2, 0.25) is 0 Å². The largest absolute Gasteiger partial charge is 0.465 e. The van der Waals surface area contributed by atoms with E-state index in [0.29, 0.717) is 16.8 Å². The molecule has 0 fully saturated rings. The number of hydrogen-bond acceptors (Lipinski definition) is 8. The van der Waals surface area contributed by atoms with Gasteiger partial charge in [-0.25, -0.2) is 14.6 Å². The summed E-state index contributed by atoms with van der Waals surface area (Å²) >= 11 is 0. The first kappa shape index (κ1) is 21.7. The molecule has 2 aromatic carbocycles. The predicted molar refractivity (Wildman–Crippen MR) is 114 cm³/mol. The minimum absolute atomic E-state index is 0.0226. The second kappa shape index (κ2) is 8.78. The molecule has 0 aliphatic carbocycles. The third kappa shape index (κ3) is 4.30. The monoisotopic (exact) mass is 423 g/mol. The summed E-state index contributed by atoms with van der Waals surface area (Å²) in [4.78, 5) is 41.8. The van der Waals surface area contributed by atoms with Crippen LogP contribution in [-0.2, 0) is 16.1 Å². The van der Waals surface area contributed by atoms with E-state index >= 15 is 0 Å². The van der Waals surface area contributed by atoms with Gasteiger partial charge in [-0.3, -0.25) is 10.1 Å². The van der Waals surface area contributed by atoms with Crippen LogP contribution in [-0.4, -0.2) is 43.1 Å². The smallest absolute Gasteiger partial charge is 0.340 e. The van der Waals surface area contributed by atoms with Crippen LogP contribution in [0.3, 0.4) is 0 Å². The van der Waals surface area contributed by atoms with Gasteiger partial charge in [0.25, 0.3) is 5.69 Å². The number of fused-ring (bicyclic) bond motifs is 1. The van der Waals surface area contributed by atoms with Gasteiger partial charge in [-0.05, 0) is 30.7 Å². The minimum Gasteiger partial charge on any atom is -0.465 e. The molecule has 9 heteroatoms. The van der Waals surface area contributed by atoms with Gasteiger partial charge in [0.1, 0.15) is 12.3 Å². The maximum atomic E-state index is 12.6. The summed E-state index contributed by atoms with van der Waals surface area (Å²) in [6, 6.07) is 11.4. The highest BCUT2D eigenvalue weighted by Crippen LogP contribution is 2.28. The van der Waals surface area contributed by atoms with Crippen molar-refractivity contribution in [2.45, 2.75) is 13.5 Å². The van der Waals surface area contributed by atoms with Gasteiger partial charge < -0.3 is 14.4 Å². The zero-order chi connectivity index (χ0) is 22.7. The van der Waals surface area contributed by atoms with Gasteiger partial charge in [0.2, 0.25) is 0 Å². The topological polar surface area (TPSA) is 112 Å². The van der Waals surface area contributed by atoms with E-state index in [1.165, 1.54) is 19.2 Å². The summed E-state index contributed by atoms with van der Waals surface area (Å²) in [7, 11) is 4.60. The molecule has 0 saturated carbocycles. The van der Waals surface area contributed by atoms with Crippen LogP contribution in [0.5, 0.6) is 0 Å². The molecule has 31 heavy (non-hydrogen) atoms. The fourth-order valence-corrected chi connectivity index (χ4v) is 3.31. The Kier molecular flexibility index (Phi) is 6.15. The molecular formula is C22H21N3O6. The van der Waals surface area contributed by atoms with E-state index in [1.54, 1.807) is 32.0 Å². The number of carbonyl (C=O) groups excluding carboxylic acids is 2. The highest BCUT2D eigenvalue weighted by atomic mass is 16.6. The third-order valence-electron chi connectivity index (χ3n) is 4.85. The van der Waals surface area contributed by atoms with E-state index in [0.717, 1.165) is 11.5 Å². The molecule has 0 aliphatic rings. The number of pyridine rings is 1. The first-order valence-corrected chi connectivity index (χ1v) is 9.34. The molecule has 0 saturated heterocycles. The SMILES string of the molecule is COC(=O)c1c(COC(=O)c2ccc(N(C)C)c([N+](=O)[O-])c2)nc2ccccc2c1C. The summed E-state index contributed by atoms with van der Waals surface area (Å²) in [5, 5.41) is 12.1. The van der Waals surface area contributed by atoms with E-state index in [1.807, 2.05) is 18.2 Å². The lowest BCUT2D eigenvalue weighted by Gasteiger charge is -2.14. The van der Waals surface area contributed by atoms with Crippen molar-refractivity contribution in [1.29, 1.82) is 0 Å². The Balaban J connectivity index is 1.94. The van der Waals surface area contributed by atoms with Crippen molar-refractivity contribution in [3.63, 3.8) is 0 Å². The van der Waals surface area contributed by atoms with Crippen molar-refractivity contribution < 1.29 is 24.0 Å². The van der Waals surface area contributed by atoms with Crippen LogP contribution >= 0.6 is 0 Å². The zero-order valence-electron chi connectivity index (χ0n) is 17.5. The lowest BCUT2D eigenvalue weighted by atomic mass is 10.0. The number of aryl methyl sites for hydroxylation is 1. The Morgan fingerprint density at radius 3 is 2.48 bits per heavy atom. The van der Waals surface area contributed by atoms with Crippen LogP contribution in [0.25, 0.3) is 10.9 Å². The molecule has 0 amide bonds. The molecule has 9 nitrogen and oxygen atoms in total.